The van der Waals surface area contributed by atoms with Crippen LogP contribution in [0.3, 0.4) is 0 Å². The summed E-state index contributed by atoms with van der Waals surface area (Å²) in [7, 11) is -2.05. The van der Waals surface area contributed by atoms with Gasteiger partial charge >= 0.3 is 8.56 Å². The van der Waals surface area contributed by atoms with Gasteiger partial charge in [-0.2, -0.15) is 0 Å². The van der Waals surface area contributed by atoms with Gasteiger partial charge in [0.25, 0.3) is 0 Å². The van der Waals surface area contributed by atoms with Gasteiger partial charge in [0.15, 0.2) is 6.29 Å². The smallest absolute Gasteiger partial charge is 0.336 e. The van der Waals surface area contributed by atoms with Crippen molar-refractivity contribution in [3.05, 3.63) is 0 Å². The highest BCUT2D eigenvalue weighted by molar-refractivity contribution is 6.66. The second-order valence-electron chi connectivity index (χ2n) is 4.35. The summed E-state index contributed by atoms with van der Waals surface area (Å²) in [5, 5.41) is 0. The van der Waals surface area contributed by atoms with Crippen LogP contribution in [0.25, 0.3) is 0 Å². The minimum Gasteiger partial charge on any atom is -0.395 e. The quantitative estimate of drug-likeness (QED) is 0.376. The molecule has 0 aliphatic carbocycles. The molecule has 0 amide bonds. The molecule has 1 saturated heterocycles. The number of rotatable bonds is 8. The maximum absolute atomic E-state index is 5.93. The van der Waals surface area contributed by atoms with Crippen molar-refractivity contribution in [1.29, 1.82) is 0 Å². The summed E-state index contributed by atoms with van der Waals surface area (Å²) in [6, 6.07) is 0.996. The third-order valence-electron chi connectivity index (χ3n) is 2.55. The molecule has 4 unspecified atom stereocenters. The maximum atomic E-state index is 5.93. The van der Waals surface area contributed by atoms with Crippen LogP contribution in [0.5, 0.6) is 0 Å². The van der Waals surface area contributed by atoms with E-state index < -0.39 is 8.56 Å². The Hall–Kier alpha value is 0.0569. The predicted molar refractivity (Wildman–Crippen MR) is 64.3 cm³/mol. The zero-order valence-corrected chi connectivity index (χ0v) is 12.0. The fraction of sp³-hybridized carbons (Fsp3) is 1.00. The van der Waals surface area contributed by atoms with Gasteiger partial charge in [-0.15, -0.1) is 0 Å². The molecular weight excluding hydrogens is 224 g/mol. The van der Waals surface area contributed by atoms with E-state index >= 15 is 0 Å². The van der Waals surface area contributed by atoms with Gasteiger partial charge in [-0.25, -0.2) is 0 Å². The zero-order chi connectivity index (χ0) is 12.2. The molecule has 0 spiro atoms. The van der Waals surface area contributed by atoms with E-state index in [0.29, 0.717) is 6.61 Å². The first kappa shape index (κ1) is 14.1. The van der Waals surface area contributed by atoms with Crippen molar-refractivity contribution in [3.8, 4) is 0 Å². The van der Waals surface area contributed by atoms with Gasteiger partial charge in [-0.3, -0.25) is 0 Å². The van der Waals surface area contributed by atoms with Crippen LogP contribution >= 0.6 is 0 Å². The molecule has 0 aromatic carbocycles. The molecule has 0 radical (unpaired) electrons. The Balaban J connectivity index is 2.34. The number of hydrogen-bond acceptors (Lipinski definition) is 4. The van der Waals surface area contributed by atoms with Crippen molar-refractivity contribution < 1.29 is 18.3 Å². The highest BCUT2D eigenvalue weighted by Crippen LogP contribution is 2.26. The molecule has 4 nitrogen and oxygen atoms in total. The Labute approximate surface area is 99.5 Å². The largest absolute Gasteiger partial charge is 0.395 e. The molecule has 1 aliphatic rings. The van der Waals surface area contributed by atoms with Crippen LogP contribution in [-0.2, 0) is 18.3 Å². The van der Waals surface area contributed by atoms with Gasteiger partial charge in [0.05, 0.1) is 0 Å². The first-order valence-corrected chi connectivity index (χ1v) is 8.65. The Morgan fingerprint density at radius 1 is 1.38 bits per heavy atom. The summed E-state index contributed by atoms with van der Waals surface area (Å²) in [4.78, 5) is 0. The Morgan fingerprint density at radius 2 is 2.00 bits per heavy atom. The van der Waals surface area contributed by atoms with Crippen molar-refractivity contribution in [1.82, 2.24) is 0 Å². The first-order chi connectivity index (χ1) is 7.50. The SMILES string of the molecule is CCC[Si](C)(OCC)OC(C)OC1OC1C. The van der Waals surface area contributed by atoms with Crippen LogP contribution in [0.4, 0.5) is 0 Å². The molecule has 1 aliphatic heterocycles. The van der Waals surface area contributed by atoms with Gasteiger partial charge in [0.2, 0.25) is 0 Å². The van der Waals surface area contributed by atoms with Crippen LogP contribution < -0.4 is 0 Å². The van der Waals surface area contributed by atoms with Crippen LogP contribution in [0, 0.1) is 0 Å². The van der Waals surface area contributed by atoms with Crippen LogP contribution in [0.15, 0.2) is 0 Å². The minimum atomic E-state index is -2.05. The van der Waals surface area contributed by atoms with E-state index in [0.717, 1.165) is 12.5 Å². The molecule has 4 atom stereocenters. The molecule has 1 rings (SSSR count). The van der Waals surface area contributed by atoms with Crippen LogP contribution in [0.2, 0.25) is 12.6 Å². The van der Waals surface area contributed by atoms with E-state index in [1.165, 1.54) is 0 Å². The normalized spacial score (nSPS) is 29.8. The molecule has 0 bridgehead atoms. The second kappa shape index (κ2) is 6.12. The molecule has 1 fully saturated rings. The third kappa shape index (κ3) is 4.51. The van der Waals surface area contributed by atoms with E-state index in [4.69, 9.17) is 18.3 Å². The van der Waals surface area contributed by atoms with Crippen LogP contribution in [-0.4, -0.2) is 33.9 Å². The topological polar surface area (TPSA) is 40.2 Å². The van der Waals surface area contributed by atoms with E-state index in [1.807, 2.05) is 20.8 Å². The van der Waals surface area contributed by atoms with Gasteiger partial charge in [0, 0.05) is 6.61 Å². The van der Waals surface area contributed by atoms with E-state index in [-0.39, 0.29) is 18.7 Å². The summed E-state index contributed by atoms with van der Waals surface area (Å²) in [5.74, 6) is 0. The van der Waals surface area contributed by atoms with Crippen LogP contribution in [0.1, 0.15) is 34.1 Å². The summed E-state index contributed by atoms with van der Waals surface area (Å²) in [6.45, 7) is 10.8. The molecule has 1 heterocycles. The standard InChI is InChI=1S/C11H24O4Si/c1-6-8-16(5,12-7-2)15-10(4)14-11-9(3)13-11/h9-11H,6-8H2,1-5H3. The van der Waals surface area contributed by atoms with Crippen molar-refractivity contribution in [3.63, 3.8) is 0 Å². The highest BCUT2D eigenvalue weighted by atomic mass is 28.4. The summed E-state index contributed by atoms with van der Waals surface area (Å²) in [6.07, 6.45) is 0.949. The van der Waals surface area contributed by atoms with Gasteiger partial charge in [-0.1, -0.05) is 13.3 Å². The van der Waals surface area contributed by atoms with E-state index in [1.54, 1.807) is 0 Å². The Morgan fingerprint density at radius 3 is 2.44 bits per heavy atom. The lowest BCUT2D eigenvalue weighted by atomic mass is 10.5. The van der Waals surface area contributed by atoms with Gasteiger partial charge < -0.3 is 18.3 Å². The van der Waals surface area contributed by atoms with E-state index in [9.17, 15) is 0 Å². The fourth-order valence-electron chi connectivity index (χ4n) is 1.80. The molecule has 0 aromatic heterocycles. The Kier molecular flexibility index (Phi) is 5.40. The summed E-state index contributed by atoms with van der Waals surface area (Å²) < 4.78 is 22.5. The molecule has 0 aromatic rings. The molecule has 5 heteroatoms. The fourth-order valence-corrected chi connectivity index (χ4v) is 4.41. The average Bonchev–Trinajstić information content (AvgIpc) is 2.81. The lowest BCUT2D eigenvalue weighted by molar-refractivity contribution is -0.119. The molecule has 16 heavy (non-hydrogen) atoms. The van der Waals surface area contributed by atoms with Crippen molar-refractivity contribution in [2.45, 2.75) is 65.4 Å². The number of hydrogen-bond donors (Lipinski definition) is 0. The molecule has 0 saturated carbocycles. The van der Waals surface area contributed by atoms with Gasteiger partial charge in [-0.05, 0) is 33.4 Å². The number of epoxide rings is 1. The Bertz CT molecular complexity index is 206. The van der Waals surface area contributed by atoms with Crippen molar-refractivity contribution >= 4 is 8.56 Å². The third-order valence-corrected chi connectivity index (χ3v) is 5.69. The molecule has 0 N–H and O–H groups in total. The molecular formula is C11H24O4Si. The second-order valence-corrected chi connectivity index (χ2v) is 7.64. The lowest BCUT2D eigenvalue weighted by Gasteiger charge is -2.29. The summed E-state index contributed by atoms with van der Waals surface area (Å²) in [5.41, 5.74) is 0. The maximum Gasteiger partial charge on any atom is 0.336 e. The molecule has 96 valence electrons. The first-order valence-electron chi connectivity index (χ1n) is 6.13. The number of ether oxygens (including phenoxy) is 2. The van der Waals surface area contributed by atoms with Crippen molar-refractivity contribution in [2.24, 2.45) is 0 Å². The average molecular weight is 248 g/mol. The van der Waals surface area contributed by atoms with Crippen molar-refractivity contribution in [2.75, 3.05) is 6.61 Å². The van der Waals surface area contributed by atoms with Gasteiger partial charge in [0.1, 0.15) is 12.4 Å². The monoisotopic (exact) mass is 248 g/mol. The summed E-state index contributed by atoms with van der Waals surface area (Å²) >= 11 is 0. The lowest BCUT2D eigenvalue weighted by Crippen LogP contribution is -2.42. The predicted octanol–water partition coefficient (Wildman–Crippen LogP) is 2.63. The highest BCUT2D eigenvalue weighted by Gasteiger charge is 2.39. The zero-order valence-electron chi connectivity index (χ0n) is 11.0. The van der Waals surface area contributed by atoms with E-state index in [2.05, 4.69) is 13.5 Å². The minimum absolute atomic E-state index is 0.0866.